The third-order valence-corrected chi connectivity index (χ3v) is 9.09. The van der Waals surface area contributed by atoms with Crippen molar-refractivity contribution in [3.05, 3.63) is 182 Å². The molecule has 0 aromatic heterocycles. The first kappa shape index (κ1) is 21.7. The van der Waals surface area contributed by atoms with Crippen molar-refractivity contribution in [2.75, 3.05) is 0 Å². The Hall–Kier alpha value is -5.98. The SMILES string of the molecule is [2H]c1c([2H])c([2H])c(-c2cc(-c3c4ccccc4c(-c4cccc(-c5ccc6ccccc6c5)c4)c4ccccc34)c3ccccc3c2)c([2H])c1[2H]. The quantitative estimate of drug-likeness (QED) is 0.180. The van der Waals surface area contributed by atoms with E-state index in [0.29, 0.717) is 5.56 Å². The van der Waals surface area contributed by atoms with Crippen LogP contribution in [0, 0.1) is 0 Å². The van der Waals surface area contributed by atoms with Crippen LogP contribution in [0.1, 0.15) is 6.85 Å². The van der Waals surface area contributed by atoms with Crippen molar-refractivity contribution in [1.82, 2.24) is 0 Å². The van der Waals surface area contributed by atoms with E-state index >= 15 is 0 Å². The van der Waals surface area contributed by atoms with Gasteiger partial charge in [-0.2, -0.15) is 0 Å². The molecule has 9 aromatic carbocycles. The fraction of sp³-hybridized carbons (Fsp3) is 0. The molecule has 0 bridgehead atoms. The average molecular weight is 588 g/mol. The predicted molar refractivity (Wildman–Crippen MR) is 198 cm³/mol. The second kappa shape index (κ2) is 10.9. The van der Waals surface area contributed by atoms with Crippen molar-refractivity contribution in [2.24, 2.45) is 0 Å². The molecule has 0 fully saturated rings. The highest BCUT2D eigenvalue weighted by Crippen LogP contribution is 2.46. The second-order valence-corrected chi connectivity index (χ2v) is 11.7. The van der Waals surface area contributed by atoms with Crippen LogP contribution >= 0.6 is 0 Å². The standard InChI is InChI=1S/C46H30/c1-2-13-31(14-3-1)38-29-36-17-6-7-20-39(36)44(30-38)46-42-23-10-8-21-40(42)45(41-22-9-11-24-43(41)46)37-19-12-18-34(28-37)35-26-25-32-15-4-5-16-33(32)27-35/h1-30H/i1D,2D,3D,13D,14D. The van der Waals surface area contributed by atoms with Gasteiger partial charge in [-0.1, -0.05) is 158 Å². The average Bonchev–Trinajstić information content (AvgIpc) is 3.18. The van der Waals surface area contributed by atoms with Gasteiger partial charge in [-0.3, -0.25) is 0 Å². The van der Waals surface area contributed by atoms with Gasteiger partial charge in [-0.25, -0.2) is 0 Å². The van der Waals surface area contributed by atoms with E-state index in [1.807, 2.05) is 30.3 Å². The van der Waals surface area contributed by atoms with Crippen molar-refractivity contribution in [2.45, 2.75) is 0 Å². The summed E-state index contributed by atoms with van der Waals surface area (Å²) < 4.78 is 42.5. The van der Waals surface area contributed by atoms with Crippen molar-refractivity contribution >= 4 is 43.1 Å². The molecule has 0 aliphatic carbocycles. The Morgan fingerprint density at radius 3 is 1.57 bits per heavy atom. The van der Waals surface area contributed by atoms with Crippen LogP contribution in [0.5, 0.6) is 0 Å². The summed E-state index contributed by atoms with van der Waals surface area (Å²) in [6, 6.07) is 51.4. The minimum atomic E-state index is -0.396. The summed E-state index contributed by atoms with van der Waals surface area (Å²) >= 11 is 0. The van der Waals surface area contributed by atoms with Crippen LogP contribution < -0.4 is 0 Å². The van der Waals surface area contributed by atoms with Crippen LogP contribution in [0.15, 0.2) is 182 Å². The van der Waals surface area contributed by atoms with E-state index in [0.717, 1.165) is 65.7 Å². The summed E-state index contributed by atoms with van der Waals surface area (Å²) in [5, 5.41) is 8.74. The Morgan fingerprint density at radius 2 is 0.848 bits per heavy atom. The van der Waals surface area contributed by atoms with Crippen LogP contribution in [0.2, 0.25) is 0 Å². The molecule has 0 saturated heterocycles. The largest absolute Gasteiger partial charge is 0.0629 e. The number of benzene rings is 9. The summed E-state index contributed by atoms with van der Waals surface area (Å²) in [5.74, 6) is 0. The van der Waals surface area contributed by atoms with Gasteiger partial charge in [-0.15, -0.1) is 0 Å². The van der Waals surface area contributed by atoms with Gasteiger partial charge in [0.05, 0.1) is 6.85 Å². The molecule has 0 amide bonds. The molecule has 9 rings (SSSR count). The topological polar surface area (TPSA) is 0 Å². The van der Waals surface area contributed by atoms with Gasteiger partial charge in [0, 0.05) is 0 Å². The van der Waals surface area contributed by atoms with E-state index < -0.39 is 6.04 Å². The Bertz CT molecular complexity index is 2790. The van der Waals surface area contributed by atoms with Gasteiger partial charge < -0.3 is 0 Å². The lowest BCUT2D eigenvalue weighted by atomic mass is 9.83. The maximum absolute atomic E-state index is 8.79. The van der Waals surface area contributed by atoms with Gasteiger partial charge in [0.1, 0.15) is 0 Å². The zero-order valence-electron chi connectivity index (χ0n) is 29.9. The molecule has 46 heavy (non-hydrogen) atoms. The number of hydrogen-bond acceptors (Lipinski definition) is 0. The summed E-state index contributed by atoms with van der Waals surface area (Å²) in [6.07, 6.45) is 0. The number of hydrogen-bond donors (Lipinski definition) is 0. The van der Waals surface area contributed by atoms with Gasteiger partial charge in [0.2, 0.25) is 0 Å². The first-order chi connectivity index (χ1) is 24.9. The molecule has 0 radical (unpaired) electrons. The molecular formula is C46H30. The molecule has 0 saturated carbocycles. The van der Waals surface area contributed by atoms with E-state index in [1.165, 1.54) is 10.8 Å². The highest BCUT2D eigenvalue weighted by Gasteiger charge is 2.19. The molecule has 0 spiro atoms. The fourth-order valence-corrected chi connectivity index (χ4v) is 7.01. The lowest BCUT2D eigenvalue weighted by molar-refractivity contribution is 1.62. The summed E-state index contributed by atoms with van der Waals surface area (Å²) in [7, 11) is 0. The monoisotopic (exact) mass is 587 g/mol. The summed E-state index contributed by atoms with van der Waals surface area (Å²) in [6.45, 7) is 0. The molecule has 9 aromatic rings. The summed E-state index contributed by atoms with van der Waals surface area (Å²) in [4.78, 5) is 0. The Labute approximate surface area is 275 Å². The smallest absolute Gasteiger partial charge is 0.0622 e. The first-order valence-corrected chi connectivity index (χ1v) is 15.5. The zero-order chi connectivity index (χ0) is 34.8. The predicted octanol–water partition coefficient (Wildman–Crippen LogP) is 13.0. The van der Waals surface area contributed by atoms with Crippen LogP contribution in [-0.2, 0) is 0 Å². The highest BCUT2D eigenvalue weighted by molar-refractivity contribution is 6.24. The number of fused-ring (bicyclic) bond motifs is 4. The summed E-state index contributed by atoms with van der Waals surface area (Å²) in [5.41, 5.74) is 7.35. The fourth-order valence-electron chi connectivity index (χ4n) is 7.01. The zero-order valence-corrected chi connectivity index (χ0v) is 24.9. The number of rotatable bonds is 4. The molecule has 0 nitrogen and oxygen atoms in total. The molecular weight excluding hydrogens is 553 g/mol. The molecule has 0 aliphatic heterocycles. The van der Waals surface area contributed by atoms with E-state index in [2.05, 4.69) is 121 Å². The molecule has 214 valence electrons. The lowest BCUT2D eigenvalue weighted by Crippen LogP contribution is -1.92. The van der Waals surface area contributed by atoms with Crippen molar-refractivity contribution < 1.29 is 6.85 Å². The van der Waals surface area contributed by atoms with E-state index in [9.17, 15) is 0 Å². The molecule has 0 heteroatoms. The molecule has 0 N–H and O–H groups in total. The third kappa shape index (κ3) is 4.38. The first-order valence-electron chi connectivity index (χ1n) is 18.0. The van der Waals surface area contributed by atoms with Crippen LogP contribution in [0.3, 0.4) is 0 Å². The minimum Gasteiger partial charge on any atom is -0.0622 e. The molecule has 0 heterocycles. The third-order valence-electron chi connectivity index (χ3n) is 9.09. The van der Waals surface area contributed by atoms with Crippen LogP contribution in [0.4, 0.5) is 0 Å². The second-order valence-electron chi connectivity index (χ2n) is 11.7. The minimum absolute atomic E-state index is 0.198. The highest BCUT2D eigenvalue weighted by atomic mass is 14.2. The Morgan fingerprint density at radius 1 is 0.304 bits per heavy atom. The van der Waals surface area contributed by atoms with E-state index in [4.69, 9.17) is 6.85 Å². The Kier molecular flexibility index (Phi) is 5.12. The van der Waals surface area contributed by atoms with E-state index in [-0.39, 0.29) is 29.7 Å². The van der Waals surface area contributed by atoms with Crippen molar-refractivity contribution in [3.63, 3.8) is 0 Å². The lowest BCUT2D eigenvalue weighted by Gasteiger charge is -2.20. The van der Waals surface area contributed by atoms with Crippen LogP contribution in [-0.4, -0.2) is 0 Å². The van der Waals surface area contributed by atoms with Crippen molar-refractivity contribution in [1.29, 1.82) is 0 Å². The van der Waals surface area contributed by atoms with Gasteiger partial charge in [0.25, 0.3) is 0 Å². The maximum atomic E-state index is 8.79. The molecule has 0 atom stereocenters. The maximum Gasteiger partial charge on any atom is 0.0629 e. The molecule has 0 unspecified atom stereocenters. The van der Waals surface area contributed by atoms with E-state index in [1.54, 1.807) is 0 Å². The van der Waals surface area contributed by atoms with Gasteiger partial charge in [0.15, 0.2) is 0 Å². The normalized spacial score (nSPS) is 13.0. The van der Waals surface area contributed by atoms with Crippen molar-refractivity contribution in [3.8, 4) is 44.5 Å². The Balaban J connectivity index is 1.34. The molecule has 0 aliphatic rings. The van der Waals surface area contributed by atoms with Gasteiger partial charge in [-0.05, 0) is 112 Å². The van der Waals surface area contributed by atoms with Gasteiger partial charge >= 0.3 is 0 Å². The van der Waals surface area contributed by atoms with Crippen LogP contribution in [0.25, 0.3) is 87.6 Å².